The van der Waals surface area contributed by atoms with Crippen LogP contribution in [0, 0.1) is 13.8 Å². The van der Waals surface area contributed by atoms with Crippen LogP contribution in [0.4, 0.5) is 11.5 Å². The maximum absolute atomic E-state index is 12.6. The third-order valence-electron chi connectivity index (χ3n) is 4.71. The highest BCUT2D eigenvalue weighted by Gasteiger charge is 2.23. The fraction of sp³-hybridized carbons (Fsp3) is 0.350. The van der Waals surface area contributed by atoms with Gasteiger partial charge in [0.2, 0.25) is 5.91 Å². The van der Waals surface area contributed by atoms with Gasteiger partial charge in [0.05, 0.1) is 16.3 Å². The lowest BCUT2D eigenvalue weighted by atomic mass is 10.1. The van der Waals surface area contributed by atoms with E-state index < -0.39 is 0 Å². The first kappa shape index (κ1) is 19.2. The van der Waals surface area contributed by atoms with Crippen molar-refractivity contribution in [1.82, 2.24) is 14.8 Å². The van der Waals surface area contributed by atoms with Crippen molar-refractivity contribution in [2.45, 2.75) is 20.8 Å². The number of nitrogens with zero attached hydrogens (tertiary/aromatic N) is 3. The van der Waals surface area contributed by atoms with Gasteiger partial charge in [-0.3, -0.25) is 9.59 Å². The Balaban J connectivity index is 1.67. The van der Waals surface area contributed by atoms with E-state index in [1.54, 1.807) is 35.1 Å². The lowest BCUT2D eigenvalue weighted by Gasteiger charge is -2.34. The van der Waals surface area contributed by atoms with Gasteiger partial charge in [-0.05, 0) is 43.2 Å². The van der Waals surface area contributed by atoms with Crippen molar-refractivity contribution in [3.8, 4) is 0 Å². The van der Waals surface area contributed by atoms with Gasteiger partial charge < -0.3 is 15.1 Å². The van der Waals surface area contributed by atoms with Crippen LogP contribution in [-0.2, 0) is 4.79 Å². The zero-order chi connectivity index (χ0) is 19.6. The second-order valence-electron chi connectivity index (χ2n) is 6.79. The fourth-order valence-corrected chi connectivity index (χ4v) is 3.57. The second kappa shape index (κ2) is 7.96. The summed E-state index contributed by atoms with van der Waals surface area (Å²) >= 11 is 6.32. The topological polar surface area (TPSA) is 65.5 Å². The molecule has 27 heavy (non-hydrogen) atoms. The average molecular weight is 387 g/mol. The van der Waals surface area contributed by atoms with Crippen molar-refractivity contribution in [1.29, 1.82) is 0 Å². The maximum atomic E-state index is 12.6. The summed E-state index contributed by atoms with van der Waals surface area (Å²) in [5.41, 5.74) is 3.48. The Hall–Kier alpha value is -2.60. The molecule has 1 N–H and O–H groups in total. The van der Waals surface area contributed by atoms with Crippen molar-refractivity contribution < 1.29 is 9.59 Å². The number of carbonyl (C=O) groups excluding carboxylic acids is 2. The molecule has 0 bridgehead atoms. The van der Waals surface area contributed by atoms with Crippen LogP contribution in [0.25, 0.3) is 0 Å². The summed E-state index contributed by atoms with van der Waals surface area (Å²) in [5, 5.41) is 3.86. The predicted molar refractivity (Wildman–Crippen MR) is 107 cm³/mol. The van der Waals surface area contributed by atoms with E-state index in [1.165, 1.54) is 0 Å². The molecule has 1 aliphatic heterocycles. The van der Waals surface area contributed by atoms with Gasteiger partial charge in [-0.15, -0.1) is 0 Å². The van der Waals surface area contributed by atoms with Crippen LogP contribution in [0.15, 0.2) is 30.5 Å². The smallest absolute Gasteiger partial charge is 0.255 e. The Labute approximate surface area is 164 Å². The molecule has 1 aliphatic rings. The van der Waals surface area contributed by atoms with Gasteiger partial charge in [-0.1, -0.05) is 17.7 Å². The number of anilines is 2. The molecule has 0 atom stereocenters. The molecule has 1 saturated heterocycles. The number of carbonyl (C=O) groups is 2. The summed E-state index contributed by atoms with van der Waals surface area (Å²) in [6.45, 7) is 7.75. The minimum Gasteiger partial charge on any atom is -0.339 e. The molecular formula is C20H23ClN4O2. The first-order valence-corrected chi connectivity index (χ1v) is 9.27. The van der Waals surface area contributed by atoms with Crippen LogP contribution in [-0.4, -0.2) is 52.8 Å². The summed E-state index contributed by atoms with van der Waals surface area (Å²) in [5.74, 6) is 0.604. The molecule has 0 saturated carbocycles. The number of amides is 2. The number of aromatic nitrogens is 1. The molecule has 6 nitrogen and oxygen atoms in total. The molecule has 0 unspecified atom stereocenters. The fourth-order valence-electron chi connectivity index (χ4n) is 3.20. The molecule has 142 valence electrons. The van der Waals surface area contributed by atoms with E-state index in [0.717, 1.165) is 16.8 Å². The Morgan fingerprint density at radius 2 is 1.74 bits per heavy atom. The Bertz CT molecular complexity index is 836. The van der Waals surface area contributed by atoms with Gasteiger partial charge in [0.15, 0.2) is 0 Å². The van der Waals surface area contributed by atoms with Crippen LogP contribution in [0.5, 0.6) is 0 Å². The highest BCUT2D eigenvalue weighted by molar-refractivity contribution is 6.33. The second-order valence-corrected chi connectivity index (χ2v) is 7.20. The molecule has 3 rings (SSSR count). The van der Waals surface area contributed by atoms with Crippen LogP contribution in [0.3, 0.4) is 0 Å². The van der Waals surface area contributed by atoms with E-state index >= 15 is 0 Å². The van der Waals surface area contributed by atoms with Crippen LogP contribution in [0.2, 0.25) is 5.02 Å². The van der Waals surface area contributed by atoms with E-state index in [2.05, 4.69) is 10.3 Å². The molecular weight excluding hydrogens is 364 g/mol. The van der Waals surface area contributed by atoms with Crippen molar-refractivity contribution in [3.63, 3.8) is 0 Å². The molecule has 2 heterocycles. The molecule has 0 aliphatic carbocycles. The van der Waals surface area contributed by atoms with Gasteiger partial charge in [-0.2, -0.15) is 0 Å². The van der Waals surface area contributed by atoms with E-state index in [0.29, 0.717) is 42.6 Å². The number of benzene rings is 1. The van der Waals surface area contributed by atoms with Crippen LogP contribution < -0.4 is 5.32 Å². The van der Waals surface area contributed by atoms with Crippen molar-refractivity contribution >= 4 is 34.9 Å². The van der Waals surface area contributed by atoms with Gasteiger partial charge >= 0.3 is 0 Å². The highest BCUT2D eigenvalue weighted by Crippen LogP contribution is 2.29. The van der Waals surface area contributed by atoms with Gasteiger partial charge in [0, 0.05) is 39.3 Å². The normalized spacial score (nSPS) is 14.2. The molecule has 0 radical (unpaired) electrons. The quantitative estimate of drug-likeness (QED) is 0.878. The van der Waals surface area contributed by atoms with E-state index in [4.69, 9.17) is 11.6 Å². The first-order valence-electron chi connectivity index (χ1n) is 8.90. The number of rotatable bonds is 3. The van der Waals surface area contributed by atoms with E-state index in [1.807, 2.05) is 26.0 Å². The Kier molecular flexibility index (Phi) is 5.65. The third kappa shape index (κ3) is 4.39. The number of hydrogen-bond donors (Lipinski definition) is 1. The number of aryl methyl sites for hydroxylation is 2. The zero-order valence-electron chi connectivity index (χ0n) is 15.8. The molecule has 0 spiro atoms. The molecule has 2 aromatic rings. The van der Waals surface area contributed by atoms with Crippen molar-refractivity contribution in [2.24, 2.45) is 0 Å². The maximum Gasteiger partial charge on any atom is 0.255 e. The molecule has 7 heteroatoms. The summed E-state index contributed by atoms with van der Waals surface area (Å²) in [6.07, 6.45) is 1.57. The summed E-state index contributed by atoms with van der Waals surface area (Å²) in [7, 11) is 0. The molecule has 1 aromatic carbocycles. The van der Waals surface area contributed by atoms with Gasteiger partial charge in [0.1, 0.15) is 5.82 Å². The summed E-state index contributed by atoms with van der Waals surface area (Å²) in [6, 6.07) is 7.48. The third-order valence-corrected chi connectivity index (χ3v) is 5.01. The van der Waals surface area contributed by atoms with Crippen LogP contribution >= 0.6 is 11.6 Å². The average Bonchev–Trinajstić information content (AvgIpc) is 2.64. The van der Waals surface area contributed by atoms with Crippen molar-refractivity contribution in [2.75, 3.05) is 31.5 Å². The molecule has 1 aromatic heterocycles. The number of hydrogen-bond acceptors (Lipinski definition) is 4. The zero-order valence-corrected chi connectivity index (χ0v) is 16.5. The minimum atomic E-state index is -0.0678. The summed E-state index contributed by atoms with van der Waals surface area (Å²) < 4.78 is 0. The first-order chi connectivity index (χ1) is 12.8. The van der Waals surface area contributed by atoms with E-state index in [-0.39, 0.29) is 11.8 Å². The van der Waals surface area contributed by atoms with Crippen molar-refractivity contribution in [3.05, 3.63) is 52.2 Å². The largest absolute Gasteiger partial charge is 0.339 e. The number of nitrogens with one attached hydrogen (secondary N) is 1. The monoisotopic (exact) mass is 386 g/mol. The predicted octanol–water partition coefficient (Wildman–Crippen LogP) is 3.40. The van der Waals surface area contributed by atoms with Gasteiger partial charge in [0.25, 0.3) is 5.91 Å². The highest BCUT2D eigenvalue weighted by atomic mass is 35.5. The number of piperazine rings is 1. The Morgan fingerprint density at radius 3 is 2.30 bits per heavy atom. The number of pyridine rings is 1. The SMILES string of the molecule is CC(=O)N1CCN(C(=O)c2ccc(Nc3c(C)cc(C)cc3Cl)nc2)CC1. The van der Waals surface area contributed by atoms with Gasteiger partial charge in [-0.25, -0.2) is 4.98 Å². The number of halogens is 1. The lowest BCUT2D eigenvalue weighted by Crippen LogP contribution is -2.50. The Morgan fingerprint density at radius 1 is 1.07 bits per heavy atom. The standard InChI is InChI=1S/C20H23ClN4O2/c1-13-10-14(2)19(17(21)11-13)23-18-5-4-16(12-22-18)20(27)25-8-6-24(7-9-25)15(3)26/h4-5,10-12H,6-9H2,1-3H3,(H,22,23). The molecule has 2 amide bonds. The minimum absolute atomic E-state index is 0.0456. The van der Waals surface area contributed by atoms with E-state index in [9.17, 15) is 9.59 Å². The molecule has 1 fully saturated rings. The van der Waals surface area contributed by atoms with Crippen LogP contribution in [0.1, 0.15) is 28.4 Å². The lowest BCUT2D eigenvalue weighted by molar-refractivity contribution is -0.130. The summed E-state index contributed by atoms with van der Waals surface area (Å²) in [4.78, 5) is 31.9.